The van der Waals surface area contributed by atoms with Gasteiger partial charge in [-0.3, -0.25) is 4.79 Å². The van der Waals surface area contributed by atoms with Crippen LogP contribution in [0.5, 0.6) is 11.5 Å². The lowest BCUT2D eigenvalue weighted by molar-refractivity contribution is -0.130. The lowest BCUT2D eigenvalue weighted by Crippen LogP contribution is -2.52. The summed E-state index contributed by atoms with van der Waals surface area (Å²) in [7, 11) is 0. The fourth-order valence-corrected chi connectivity index (χ4v) is 3.83. The van der Waals surface area contributed by atoms with Crippen molar-refractivity contribution in [1.82, 2.24) is 10.6 Å². The van der Waals surface area contributed by atoms with E-state index >= 15 is 0 Å². The highest BCUT2D eigenvalue weighted by molar-refractivity contribution is 5.90. The van der Waals surface area contributed by atoms with Crippen LogP contribution in [0.1, 0.15) is 24.8 Å². The summed E-state index contributed by atoms with van der Waals surface area (Å²) >= 11 is 0. The Hall–Kier alpha value is -3.30. The lowest BCUT2D eigenvalue weighted by Gasteiger charge is -2.35. The molecule has 0 aromatic heterocycles. The Morgan fingerprint density at radius 2 is 1.84 bits per heavy atom. The molecule has 9 heteroatoms. The minimum atomic E-state index is -0.585. The normalized spacial score (nSPS) is 21.6. The second-order valence-electron chi connectivity index (χ2n) is 7.80. The van der Waals surface area contributed by atoms with Crippen LogP contribution in [0.25, 0.3) is 0 Å². The van der Waals surface area contributed by atoms with Gasteiger partial charge in [0.15, 0.2) is 11.5 Å². The monoisotopic (exact) mass is 441 g/mol. The molecule has 0 spiro atoms. The Morgan fingerprint density at radius 3 is 2.66 bits per heavy atom. The predicted molar refractivity (Wildman–Crippen MR) is 116 cm³/mol. The third-order valence-electron chi connectivity index (χ3n) is 5.49. The number of aliphatic hydroxyl groups excluding tert-OH is 1. The summed E-state index contributed by atoms with van der Waals surface area (Å²) in [5, 5.41) is 18.2. The van der Waals surface area contributed by atoms with E-state index in [0.717, 1.165) is 5.56 Å². The maximum atomic E-state index is 12.4. The number of carbonyl (C=O) groups is 2. The van der Waals surface area contributed by atoms with E-state index in [-0.39, 0.29) is 37.9 Å². The summed E-state index contributed by atoms with van der Waals surface area (Å²) in [6.07, 6.45) is 0.510. The first-order valence-electron chi connectivity index (χ1n) is 10.6. The molecule has 4 N–H and O–H groups in total. The first-order chi connectivity index (χ1) is 15.6. The first kappa shape index (κ1) is 21.9. The molecule has 9 nitrogen and oxygen atoms in total. The second kappa shape index (κ2) is 10.3. The van der Waals surface area contributed by atoms with E-state index in [1.807, 2.05) is 30.3 Å². The fourth-order valence-electron chi connectivity index (χ4n) is 3.83. The zero-order valence-electron chi connectivity index (χ0n) is 17.6. The van der Waals surface area contributed by atoms with Crippen molar-refractivity contribution in [3.63, 3.8) is 0 Å². The van der Waals surface area contributed by atoms with E-state index in [0.29, 0.717) is 36.6 Å². The molecule has 2 aromatic rings. The molecule has 3 amide bonds. The summed E-state index contributed by atoms with van der Waals surface area (Å²) in [6.45, 7) is 0.366. The number of urea groups is 1. The van der Waals surface area contributed by atoms with Crippen LogP contribution in [0, 0.1) is 0 Å². The number of hydrogen-bond donors (Lipinski definition) is 4. The Labute approximate surface area is 186 Å². The lowest BCUT2D eigenvalue weighted by atomic mass is 9.97. The molecule has 170 valence electrons. The van der Waals surface area contributed by atoms with E-state index in [1.54, 1.807) is 18.2 Å². The van der Waals surface area contributed by atoms with E-state index in [4.69, 9.17) is 14.2 Å². The SMILES string of the molecule is O=C(C[C@@H]1CC[C@@H](NC(=O)Nc2ccc3c(c2)OCO3)[C@@H](CO)O1)NCc1ccccc1. The van der Waals surface area contributed by atoms with Crippen molar-refractivity contribution in [3.8, 4) is 11.5 Å². The molecule has 2 aliphatic rings. The molecule has 2 aliphatic heterocycles. The highest BCUT2D eigenvalue weighted by Crippen LogP contribution is 2.34. The van der Waals surface area contributed by atoms with Gasteiger partial charge in [-0.25, -0.2) is 4.79 Å². The number of benzene rings is 2. The van der Waals surface area contributed by atoms with Crippen LogP contribution in [0.4, 0.5) is 10.5 Å². The minimum absolute atomic E-state index is 0.109. The zero-order chi connectivity index (χ0) is 22.3. The molecule has 3 atom stereocenters. The van der Waals surface area contributed by atoms with Gasteiger partial charge in [-0.15, -0.1) is 0 Å². The smallest absolute Gasteiger partial charge is 0.319 e. The van der Waals surface area contributed by atoms with Crippen molar-refractivity contribution in [2.75, 3.05) is 18.7 Å². The molecule has 2 heterocycles. The van der Waals surface area contributed by atoms with E-state index in [9.17, 15) is 14.7 Å². The van der Waals surface area contributed by atoms with Gasteiger partial charge in [0.1, 0.15) is 6.10 Å². The number of ether oxygens (including phenoxy) is 3. The van der Waals surface area contributed by atoms with Crippen LogP contribution >= 0.6 is 0 Å². The number of carbonyl (C=O) groups excluding carboxylic acids is 2. The summed E-state index contributed by atoms with van der Waals surface area (Å²) in [4.78, 5) is 24.7. The molecule has 32 heavy (non-hydrogen) atoms. The van der Waals surface area contributed by atoms with Crippen molar-refractivity contribution in [2.24, 2.45) is 0 Å². The quantitative estimate of drug-likeness (QED) is 0.523. The van der Waals surface area contributed by atoms with E-state index < -0.39 is 12.1 Å². The summed E-state index contributed by atoms with van der Waals surface area (Å²) < 4.78 is 16.5. The van der Waals surface area contributed by atoms with Crippen LogP contribution in [0.2, 0.25) is 0 Å². The molecule has 2 aromatic carbocycles. The molecule has 0 unspecified atom stereocenters. The third kappa shape index (κ3) is 5.68. The van der Waals surface area contributed by atoms with Gasteiger partial charge in [0.25, 0.3) is 0 Å². The van der Waals surface area contributed by atoms with Crippen LogP contribution in [0.15, 0.2) is 48.5 Å². The minimum Gasteiger partial charge on any atom is -0.454 e. The number of fused-ring (bicyclic) bond motifs is 1. The van der Waals surface area contributed by atoms with Gasteiger partial charge < -0.3 is 35.3 Å². The summed E-state index contributed by atoms with van der Waals surface area (Å²) in [5.74, 6) is 1.10. The highest BCUT2D eigenvalue weighted by atomic mass is 16.7. The van der Waals surface area contributed by atoms with Gasteiger partial charge in [-0.05, 0) is 30.5 Å². The number of anilines is 1. The van der Waals surface area contributed by atoms with Gasteiger partial charge in [0.05, 0.1) is 25.2 Å². The predicted octanol–water partition coefficient (Wildman–Crippen LogP) is 2.15. The van der Waals surface area contributed by atoms with E-state index in [2.05, 4.69) is 16.0 Å². The molecule has 0 aliphatic carbocycles. The van der Waals surface area contributed by atoms with Crippen LogP contribution < -0.4 is 25.4 Å². The Kier molecular flexibility index (Phi) is 7.08. The number of rotatable bonds is 7. The van der Waals surface area contributed by atoms with Gasteiger partial charge in [0.2, 0.25) is 12.7 Å². The highest BCUT2D eigenvalue weighted by Gasteiger charge is 2.33. The molecule has 0 bridgehead atoms. The van der Waals surface area contributed by atoms with Crippen molar-refractivity contribution < 1.29 is 28.9 Å². The van der Waals surface area contributed by atoms with Crippen LogP contribution in [0.3, 0.4) is 0 Å². The average molecular weight is 441 g/mol. The van der Waals surface area contributed by atoms with Crippen molar-refractivity contribution >= 4 is 17.6 Å². The molecule has 0 saturated carbocycles. The topological polar surface area (TPSA) is 118 Å². The zero-order valence-corrected chi connectivity index (χ0v) is 17.6. The van der Waals surface area contributed by atoms with Gasteiger partial charge >= 0.3 is 6.03 Å². The molecular weight excluding hydrogens is 414 g/mol. The van der Waals surface area contributed by atoms with Crippen LogP contribution in [-0.4, -0.2) is 48.7 Å². The van der Waals surface area contributed by atoms with Gasteiger partial charge in [-0.2, -0.15) is 0 Å². The molecule has 1 saturated heterocycles. The van der Waals surface area contributed by atoms with Gasteiger partial charge in [0, 0.05) is 18.3 Å². The first-order valence-corrected chi connectivity index (χ1v) is 10.6. The van der Waals surface area contributed by atoms with E-state index in [1.165, 1.54) is 0 Å². The number of hydrogen-bond acceptors (Lipinski definition) is 6. The number of aliphatic hydroxyl groups is 1. The molecule has 4 rings (SSSR count). The maximum Gasteiger partial charge on any atom is 0.319 e. The average Bonchev–Trinajstić information content (AvgIpc) is 3.27. The number of amides is 3. The Balaban J connectivity index is 1.23. The molecule has 0 radical (unpaired) electrons. The van der Waals surface area contributed by atoms with Crippen molar-refractivity contribution in [2.45, 2.75) is 44.1 Å². The summed E-state index contributed by atoms with van der Waals surface area (Å²) in [5.41, 5.74) is 1.59. The Morgan fingerprint density at radius 1 is 1.03 bits per heavy atom. The largest absolute Gasteiger partial charge is 0.454 e. The number of nitrogens with one attached hydrogen (secondary N) is 3. The fraction of sp³-hybridized carbons (Fsp3) is 0.391. The Bertz CT molecular complexity index is 939. The van der Waals surface area contributed by atoms with Crippen LogP contribution in [-0.2, 0) is 16.1 Å². The van der Waals surface area contributed by atoms with Crippen molar-refractivity contribution in [3.05, 3.63) is 54.1 Å². The second-order valence-corrected chi connectivity index (χ2v) is 7.80. The molecule has 1 fully saturated rings. The summed E-state index contributed by atoms with van der Waals surface area (Å²) in [6, 6.07) is 14.0. The third-order valence-corrected chi connectivity index (χ3v) is 5.49. The van der Waals surface area contributed by atoms with Gasteiger partial charge in [-0.1, -0.05) is 30.3 Å². The standard InChI is InChI=1S/C23H27N3O6/c27-13-21-18(26-23(29)25-16-6-9-19-20(10-16)31-14-30-19)8-7-17(32-21)11-22(28)24-12-15-4-2-1-3-5-15/h1-6,9-10,17-18,21,27H,7-8,11-14H2,(H,24,28)(H2,25,26,29)/t17-,18+,21+/m0/s1. The maximum absolute atomic E-state index is 12.4. The van der Waals surface area contributed by atoms with Crippen molar-refractivity contribution in [1.29, 1.82) is 0 Å². The molecular formula is C23H27N3O6.